The van der Waals surface area contributed by atoms with E-state index in [1.807, 2.05) is 0 Å². The van der Waals surface area contributed by atoms with E-state index >= 15 is 0 Å². The number of amides is 2. The van der Waals surface area contributed by atoms with Gasteiger partial charge < -0.3 is 15.4 Å². The second kappa shape index (κ2) is 10.0. The molecule has 9 nitrogen and oxygen atoms in total. The van der Waals surface area contributed by atoms with Gasteiger partial charge in [-0.3, -0.25) is 24.5 Å². The van der Waals surface area contributed by atoms with E-state index in [-0.39, 0.29) is 24.2 Å². The van der Waals surface area contributed by atoms with Gasteiger partial charge in [0.25, 0.3) is 11.6 Å². The number of ether oxygens (including phenoxy) is 1. The number of anilines is 2. The third-order valence-corrected chi connectivity index (χ3v) is 3.60. The standard InChI is InChI=1S/C18H16ClN3O6/c19-12-3-1-4-13(9-12)20-16(23)7-8-18(25)28-11-17(24)21-14-5-2-6-15(10-14)22(26)27/h1-6,9-10H,7-8,11H2,(H,20,23)(H,21,24). The quantitative estimate of drug-likeness (QED) is 0.394. The predicted octanol–water partition coefficient (Wildman–Crippen LogP) is 3.15. The summed E-state index contributed by atoms with van der Waals surface area (Å²) in [6.07, 6.45) is -0.339. The molecule has 0 radical (unpaired) electrons. The van der Waals surface area contributed by atoms with Crippen molar-refractivity contribution in [2.24, 2.45) is 0 Å². The topological polar surface area (TPSA) is 128 Å². The molecular weight excluding hydrogens is 390 g/mol. The van der Waals surface area contributed by atoms with Gasteiger partial charge in [0.1, 0.15) is 0 Å². The van der Waals surface area contributed by atoms with Gasteiger partial charge in [-0.25, -0.2) is 0 Å². The Kier molecular flexibility index (Phi) is 7.46. The van der Waals surface area contributed by atoms with Crippen LogP contribution in [0.15, 0.2) is 48.5 Å². The minimum absolute atomic E-state index is 0.127. The molecule has 2 N–H and O–H groups in total. The van der Waals surface area contributed by atoms with Gasteiger partial charge in [0, 0.05) is 35.0 Å². The average Bonchev–Trinajstić information content (AvgIpc) is 2.65. The van der Waals surface area contributed by atoms with Crippen LogP contribution in [-0.2, 0) is 19.1 Å². The Morgan fingerprint density at radius 2 is 1.61 bits per heavy atom. The van der Waals surface area contributed by atoms with Gasteiger partial charge in [-0.15, -0.1) is 0 Å². The van der Waals surface area contributed by atoms with Crippen molar-refractivity contribution >= 4 is 46.4 Å². The molecule has 2 amide bonds. The smallest absolute Gasteiger partial charge is 0.306 e. The van der Waals surface area contributed by atoms with E-state index in [1.54, 1.807) is 24.3 Å². The monoisotopic (exact) mass is 405 g/mol. The van der Waals surface area contributed by atoms with Crippen molar-refractivity contribution in [1.82, 2.24) is 0 Å². The van der Waals surface area contributed by atoms with Gasteiger partial charge >= 0.3 is 5.97 Å². The molecule has 0 aromatic heterocycles. The first-order valence-corrected chi connectivity index (χ1v) is 8.46. The number of hydrogen-bond donors (Lipinski definition) is 2. The van der Waals surface area contributed by atoms with Crippen molar-refractivity contribution < 1.29 is 24.0 Å². The average molecular weight is 406 g/mol. The molecule has 0 atom stereocenters. The minimum Gasteiger partial charge on any atom is -0.456 e. The molecule has 0 bridgehead atoms. The number of non-ortho nitro benzene ring substituents is 1. The highest BCUT2D eigenvalue weighted by atomic mass is 35.5. The summed E-state index contributed by atoms with van der Waals surface area (Å²) >= 11 is 5.81. The first-order valence-electron chi connectivity index (χ1n) is 8.09. The van der Waals surface area contributed by atoms with Crippen LogP contribution in [0.25, 0.3) is 0 Å². The van der Waals surface area contributed by atoms with E-state index < -0.39 is 29.3 Å². The van der Waals surface area contributed by atoms with Crippen LogP contribution < -0.4 is 10.6 Å². The second-order valence-corrected chi connectivity index (χ2v) is 6.01. The molecule has 146 valence electrons. The number of nitro groups is 1. The number of hydrogen-bond acceptors (Lipinski definition) is 6. The minimum atomic E-state index is -0.726. The molecule has 10 heteroatoms. The highest BCUT2D eigenvalue weighted by molar-refractivity contribution is 6.30. The number of esters is 1. The van der Waals surface area contributed by atoms with Crippen molar-refractivity contribution in [3.63, 3.8) is 0 Å². The zero-order valence-electron chi connectivity index (χ0n) is 14.5. The Bertz CT molecular complexity index is 902. The lowest BCUT2D eigenvalue weighted by molar-refractivity contribution is -0.384. The Balaban J connectivity index is 1.71. The highest BCUT2D eigenvalue weighted by Crippen LogP contribution is 2.17. The number of carbonyl (C=O) groups excluding carboxylic acids is 3. The summed E-state index contributed by atoms with van der Waals surface area (Å²) in [6, 6.07) is 11.9. The lowest BCUT2D eigenvalue weighted by atomic mass is 10.2. The SMILES string of the molecule is O=C(CCC(=O)OCC(=O)Nc1cccc([N+](=O)[O-])c1)Nc1cccc(Cl)c1. The van der Waals surface area contributed by atoms with E-state index in [2.05, 4.69) is 10.6 Å². The maximum absolute atomic E-state index is 11.8. The van der Waals surface area contributed by atoms with E-state index in [0.29, 0.717) is 10.7 Å². The molecule has 0 aliphatic heterocycles. The second-order valence-electron chi connectivity index (χ2n) is 5.57. The van der Waals surface area contributed by atoms with Gasteiger partial charge in [0.2, 0.25) is 5.91 Å². The Morgan fingerprint density at radius 1 is 0.964 bits per heavy atom. The maximum atomic E-state index is 11.8. The summed E-state index contributed by atoms with van der Waals surface area (Å²) in [5.74, 6) is -1.78. The largest absolute Gasteiger partial charge is 0.456 e. The molecule has 0 heterocycles. The summed E-state index contributed by atoms with van der Waals surface area (Å²) in [5.41, 5.74) is 0.527. The molecule has 2 rings (SSSR count). The Labute approximate surface area is 164 Å². The van der Waals surface area contributed by atoms with E-state index in [9.17, 15) is 24.5 Å². The third kappa shape index (κ3) is 7.04. The van der Waals surface area contributed by atoms with Crippen LogP contribution in [0.3, 0.4) is 0 Å². The van der Waals surface area contributed by atoms with E-state index in [4.69, 9.17) is 16.3 Å². The summed E-state index contributed by atoms with van der Waals surface area (Å²) in [4.78, 5) is 45.3. The fourth-order valence-corrected chi connectivity index (χ4v) is 2.31. The molecule has 2 aromatic carbocycles. The molecule has 28 heavy (non-hydrogen) atoms. The van der Waals surface area contributed by atoms with Gasteiger partial charge in [0.05, 0.1) is 11.3 Å². The number of nitrogens with one attached hydrogen (secondary N) is 2. The predicted molar refractivity (Wildman–Crippen MR) is 102 cm³/mol. The van der Waals surface area contributed by atoms with Crippen LogP contribution in [0, 0.1) is 10.1 Å². The first kappa shape index (κ1) is 20.8. The van der Waals surface area contributed by atoms with E-state index in [1.165, 1.54) is 24.3 Å². The zero-order chi connectivity index (χ0) is 20.5. The van der Waals surface area contributed by atoms with Crippen molar-refractivity contribution in [3.05, 3.63) is 63.7 Å². The molecule has 0 fully saturated rings. The number of benzene rings is 2. The van der Waals surface area contributed by atoms with Gasteiger partial charge in [-0.1, -0.05) is 23.7 Å². The van der Waals surface area contributed by atoms with Crippen LogP contribution in [-0.4, -0.2) is 29.3 Å². The molecule has 2 aromatic rings. The van der Waals surface area contributed by atoms with Crippen LogP contribution >= 0.6 is 11.6 Å². The normalized spacial score (nSPS) is 10.0. The van der Waals surface area contributed by atoms with Crippen LogP contribution in [0.5, 0.6) is 0 Å². The molecule has 0 saturated heterocycles. The fraction of sp³-hybridized carbons (Fsp3) is 0.167. The maximum Gasteiger partial charge on any atom is 0.306 e. The molecule has 0 aliphatic rings. The van der Waals surface area contributed by atoms with Crippen molar-refractivity contribution in [3.8, 4) is 0 Å². The number of nitrogens with zero attached hydrogens (tertiary/aromatic N) is 1. The van der Waals surface area contributed by atoms with Gasteiger partial charge in [0.15, 0.2) is 6.61 Å². The fourth-order valence-electron chi connectivity index (χ4n) is 2.12. The van der Waals surface area contributed by atoms with Gasteiger partial charge in [-0.2, -0.15) is 0 Å². The zero-order valence-corrected chi connectivity index (χ0v) is 15.3. The van der Waals surface area contributed by atoms with E-state index in [0.717, 1.165) is 0 Å². The lowest BCUT2D eigenvalue weighted by Gasteiger charge is -2.07. The highest BCUT2D eigenvalue weighted by Gasteiger charge is 2.12. The lowest BCUT2D eigenvalue weighted by Crippen LogP contribution is -2.21. The number of nitro benzene ring substituents is 1. The molecule has 0 saturated carbocycles. The molecule has 0 unspecified atom stereocenters. The molecule has 0 aliphatic carbocycles. The summed E-state index contributed by atoms with van der Waals surface area (Å²) in [7, 11) is 0. The van der Waals surface area contributed by atoms with Crippen molar-refractivity contribution in [1.29, 1.82) is 0 Å². The summed E-state index contributed by atoms with van der Waals surface area (Å²) < 4.78 is 4.79. The summed E-state index contributed by atoms with van der Waals surface area (Å²) in [6.45, 7) is -0.572. The van der Waals surface area contributed by atoms with Crippen molar-refractivity contribution in [2.45, 2.75) is 12.8 Å². The van der Waals surface area contributed by atoms with Crippen molar-refractivity contribution in [2.75, 3.05) is 17.2 Å². The van der Waals surface area contributed by atoms with Crippen LogP contribution in [0.2, 0.25) is 5.02 Å². The Morgan fingerprint density at radius 3 is 2.29 bits per heavy atom. The molecule has 0 spiro atoms. The summed E-state index contributed by atoms with van der Waals surface area (Å²) in [5, 5.41) is 16.1. The number of carbonyl (C=O) groups is 3. The third-order valence-electron chi connectivity index (χ3n) is 3.37. The Hall–Kier alpha value is -3.46. The van der Waals surface area contributed by atoms with Crippen LogP contribution in [0.4, 0.5) is 17.1 Å². The molecular formula is C18H16ClN3O6. The van der Waals surface area contributed by atoms with Gasteiger partial charge in [-0.05, 0) is 24.3 Å². The first-order chi connectivity index (χ1) is 13.3. The number of halogens is 1. The number of rotatable bonds is 8. The van der Waals surface area contributed by atoms with Crippen LogP contribution in [0.1, 0.15) is 12.8 Å².